The van der Waals surface area contributed by atoms with Gasteiger partial charge in [-0.05, 0) is 43.5 Å². The maximum absolute atomic E-state index is 12.8. The second kappa shape index (κ2) is 12.7. The van der Waals surface area contributed by atoms with Crippen LogP contribution in [-0.2, 0) is 0 Å². The van der Waals surface area contributed by atoms with Crippen LogP contribution in [0.1, 0.15) is 56.9 Å². The normalized spacial score (nSPS) is 10.9. The van der Waals surface area contributed by atoms with Gasteiger partial charge < -0.3 is 19.3 Å². The number of nitrogens with one attached hydrogen (secondary N) is 1. The number of hydrogen-bond acceptors (Lipinski definition) is 5. The summed E-state index contributed by atoms with van der Waals surface area (Å²) in [6.07, 6.45) is 3.80. The molecular formula is C26H30Cl2N2O4. The Balaban J connectivity index is 2.16. The first-order valence-corrected chi connectivity index (χ1v) is 12.4. The van der Waals surface area contributed by atoms with Crippen LogP contribution in [0.25, 0.3) is 22.5 Å². The van der Waals surface area contributed by atoms with E-state index in [0.29, 0.717) is 63.8 Å². The van der Waals surface area contributed by atoms with Gasteiger partial charge in [-0.15, -0.1) is 0 Å². The van der Waals surface area contributed by atoms with Crippen LogP contribution in [0.15, 0.2) is 40.9 Å². The van der Waals surface area contributed by atoms with Crippen molar-refractivity contribution in [2.24, 2.45) is 0 Å². The van der Waals surface area contributed by atoms with Crippen molar-refractivity contribution in [1.82, 2.24) is 10.5 Å². The molecule has 6 nitrogen and oxygen atoms in total. The second-order valence-corrected chi connectivity index (χ2v) is 8.63. The van der Waals surface area contributed by atoms with Gasteiger partial charge in [-0.25, -0.2) is 0 Å². The van der Waals surface area contributed by atoms with Crippen LogP contribution >= 0.6 is 23.2 Å². The topological polar surface area (TPSA) is 73.6 Å². The third kappa shape index (κ3) is 6.24. The molecule has 2 aromatic carbocycles. The monoisotopic (exact) mass is 504 g/mol. The van der Waals surface area contributed by atoms with Crippen LogP contribution in [0.2, 0.25) is 10.0 Å². The van der Waals surface area contributed by atoms with E-state index in [0.717, 1.165) is 25.7 Å². The molecule has 3 aromatic rings. The lowest BCUT2D eigenvalue weighted by molar-refractivity contribution is 0.0947. The lowest BCUT2D eigenvalue weighted by Crippen LogP contribution is -2.23. The first-order valence-electron chi connectivity index (χ1n) is 11.6. The molecule has 0 aliphatic heterocycles. The van der Waals surface area contributed by atoms with Crippen molar-refractivity contribution < 1.29 is 18.8 Å². The number of amides is 1. The van der Waals surface area contributed by atoms with Gasteiger partial charge in [-0.2, -0.15) is 0 Å². The quantitative estimate of drug-likeness (QED) is 0.259. The van der Waals surface area contributed by atoms with Crippen molar-refractivity contribution in [3.63, 3.8) is 0 Å². The molecule has 0 saturated heterocycles. The van der Waals surface area contributed by atoms with Crippen LogP contribution in [0.4, 0.5) is 0 Å². The number of nitrogens with zero attached hydrogens (tertiary/aromatic N) is 1. The Labute approximate surface area is 210 Å². The van der Waals surface area contributed by atoms with E-state index in [1.165, 1.54) is 0 Å². The van der Waals surface area contributed by atoms with E-state index in [9.17, 15) is 4.79 Å². The zero-order valence-corrected chi connectivity index (χ0v) is 21.3. The Morgan fingerprint density at radius 3 is 2.35 bits per heavy atom. The van der Waals surface area contributed by atoms with E-state index in [1.54, 1.807) is 24.3 Å². The van der Waals surface area contributed by atoms with Gasteiger partial charge in [0.2, 0.25) is 0 Å². The molecule has 8 heteroatoms. The highest BCUT2D eigenvalue weighted by molar-refractivity contribution is 6.32. The Bertz CT molecular complexity index is 1110. The molecule has 0 aliphatic carbocycles. The minimum absolute atomic E-state index is 0.165. The zero-order chi connectivity index (χ0) is 24.5. The molecule has 0 spiro atoms. The maximum atomic E-state index is 12.8. The van der Waals surface area contributed by atoms with Crippen molar-refractivity contribution in [1.29, 1.82) is 0 Å². The van der Waals surface area contributed by atoms with Crippen molar-refractivity contribution in [3.8, 4) is 33.9 Å². The molecule has 3 rings (SSSR count). The van der Waals surface area contributed by atoms with Gasteiger partial charge >= 0.3 is 0 Å². The van der Waals surface area contributed by atoms with Crippen LogP contribution in [-0.4, -0.2) is 30.8 Å². The fraction of sp³-hybridized carbons (Fsp3) is 0.385. The van der Waals surface area contributed by atoms with Gasteiger partial charge in [0, 0.05) is 17.6 Å². The van der Waals surface area contributed by atoms with Crippen LogP contribution in [0.5, 0.6) is 11.5 Å². The average molecular weight is 505 g/mol. The summed E-state index contributed by atoms with van der Waals surface area (Å²) in [6, 6.07) is 10.7. The Morgan fingerprint density at radius 2 is 1.71 bits per heavy atom. The SMILES string of the molecule is CCCCOc1cc(OCCCC)c(-c2onc(C(=O)NCC)c2-c2cccc(Cl)c2)cc1Cl. The third-order valence-electron chi connectivity index (χ3n) is 5.15. The highest BCUT2D eigenvalue weighted by Crippen LogP contribution is 2.44. The number of rotatable bonds is 12. The number of carbonyl (C=O) groups excluding carboxylic acids is 1. The minimum Gasteiger partial charge on any atom is -0.493 e. The summed E-state index contributed by atoms with van der Waals surface area (Å²) >= 11 is 12.9. The number of hydrogen-bond donors (Lipinski definition) is 1. The zero-order valence-electron chi connectivity index (χ0n) is 19.7. The number of benzene rings is 2. The molecule has 1 amide bonds. The van der Waals surface area contributed by atoms with E-state index in [2.05, 4.69) is 24.3 Å². The number of ether oxygens (including phenoxy) is 2. The smallest absolute Gasteiger partial charge is 0.274 e. The molecule has 182 valence electrons. The summed E-state index contributed by atoms with van der Waals surface area (Å²) in [5.74, 6) is 1.12. The summed E-state index contributed by atoms with van der Waals surface area (Å²) in [5, 5.41) is 7.84. The predicted octanol–water partition coefficient (Wildman–Crippen LogP) is 7.42. The lowest BCUT2D eigenvalue weighted by atomic mass is 9.98. The molecule has 0 saturated carbocycles. The minimum atomic E-state index is -0.341. The van der Waals surface area contributed by atoms with E-state index in [1.807, 2.05) is 19.1 Å². The number of unbranched alkanes of at least 4 members (excludes halogenated alkanes) is 2. The lowest BCUT2D eigenvalue weighted by Gasteiger charge is -2.15. The number of aromatic nitrogens is 1. The van der Waals surface area contributed by atoms with Crippen molar-refractivity contribution in [2.45, 2.75) is 46.5 Å². The molecule has 0 bridgehead atoms. The maximum Gasteiger partial charge on any atom is 0.274 e. The highest BCUT2D eigenvalue weighted by atomic mass is 35.5. The molecule has 1 heterocycles. The molecule has 1 N–H and O–H groups in total. The van der Waals surface area contributed by atoms with Crippen molar-refractivity contribution in [3.05, 3.63) is 52.1 Å². The van der Waals surface area contributed by atoms with Gasteiger partial charge in [0.25, 0.3) is 5.91 Å². The molecule has 0 unspecified atom stereocenters. The first kappa shape index (κ1) is 25.9. The fourth-order valence-electron chi connectivity index (χ4n) is 3.38. The third-order valence-corrected chi connectivity index (χ3v) is 5.68. The van der Waals surface area contributed by atoms with E-state index < -0.39 is 0 Å². The molecule has 0 fully saturated rings. The Morgan fingerprint density at radius 1 is 1.00 bits per heavy atom. The molecule has 1 aromatic heterocycles. The largest absolute Gasteiger partial charge is 0.493 e. The van der Waals surface area contributed by atoms with Crippen LogP contribution < -0.4 is 14.8 Å². The molecule has 0 radical (unpaired) electrons. The van der Waals surface area contributed by atoms with Crippen LogP contribution in [0.3, 0.4) is 0 Å². The Kier molecular flexibility index (Phi) is 9.66. The van der Waals surface area contributed by atoms with Gasteiger partial charge in [-0.3, -0.25) is 4.79 Å². The van der Waals surface area contributed by atoms with E-state index >= 15 is 0 Å². The standard InChI is InChI=1S/C26H30Cl2N2O4/c1-4-7-12-32-21-16-22(33-13-8-5-2)20(28)15-19(21)25-23(17-10-9-11-18(27)14-17)24(30-34-25)26(31)29-6-3/h9-11,14-16H,4-8,12-13H2,1-3H3,(H,29,31). The number of halogens is 2. The van der Waals surface area contributed by atoms with Gasteiger partial charge in [0.05, 0.1) is 29.4 Å². The average Bonchev–Trinajstić information content (AvgIpc) is 3.26. The molecule has 0 atom stereocenters. The molecular weight excluding hydrogens is 475 g/mol. The van der Waals surface area contributed by atoms with Crippen LogP contribution in [0, 0.1) is 0 Å². The summed E-state index contributed by atoms with van der Waals surface area (Å²) < 4.78 is 17.7. The first-order chi connectivity index (χ1) is 16.5. The summed E-state index contributed by atoms with van der Waals surface area (Å²) in [6.45, 7) is 7.56. The number of carbonyl (C=O) groups is 1. The Hall–Kier alpha value is -2.70. The van der Waals surface area contributed by atoms with Crippen molar-refractivity contribution >= 4 is 29.1 Å². The van der Waals surface area contributed by atoms with Crippen molar-refractivity contribution in [2.75, 3.05) is 19.8 Å². The summed E-state index contributed by atoms with van der Waals surface area (Å²) in [4.78, 5) is 12.8. The fourth-order valence-corrected chi connectivity index (χ4v) is 3.79. The molecule has 0 aliphatic rings. The highest BCUT2D eigenvalue weighted by Gasteiger charge is 2.27. The van der Waals surface area contributed by atoms with Gasteiger partial charge in [0.15, 0.2) is 11.5 Å². The van der Waals surface area contributed by atoms with E-state index in [-0.39, 0.29) is 11.6 Å². The van der Waals surface area contributed by atoms with Gasteiger partial charge in [0.1, 0.15) is 11.5 Å². The molecule has 34 heavy (non-hydrogen) atoms. The van der Waals surface area contributed by atoms with E-state index in [4.69, 9.17) is 37.2 Å². The second-order valence-electron chi connectivity index (χ2n) is 7.79. The summed E-state index contributed by atoms with van der Waals surface area (Å²) in [7, 11) is 0. The summed E-state index contributed by atoms with van der Waals surface area (Å²) in [5.41, 5.74) is 1.97. The van der Waals surface area contributed by atoms with Gasteiger partial charge in [-0.1, -0.05) is 67.2 Å². The predicted molar refractivity (Wildman–Crippen MR) is 136 cm³/mol.